The summed E-state index contributed by atoms with van der Waals surface area (Å²) in [5.74, 6) is -0.647. The van der Waals surface area contributed by atoms with E-state index in [1.807, 2.05) is 38.1 Å². The van der Waals surface area contributed by atoms with Gasteiger partial charge in [-0.2, -0.15) is 5.10 Å². The zero-order valence-corrected chi connectivity index (χ0v) is 16.3. The molecule has 146 valence electrons. The third-order valence-electron chi connectivity index (χ3n) is 4.43. The van der Waals surface area contributed by atoms with Gasteiger partial charge in [-0.05, 0) is 38.5 Å². The highest BCUT2D eigenvalue weighted by Gasteiger charge is 2.21. The Morgan fingerprint density at radius 2 is 1.75 bits per heavy atom. The molecule has 0 unspecified atom stereocenters. The van der Waals surface area contributed by atoms with E-state index in [0.29, 0.717) is 23.6 Å². The molecule has 0 fully saturated rings. The second-order valence-electron chi connectivity index (χ2n) is 6.52. The number of carbonyl (C=O) groups is 2. The van der Waals surface area contributed by atoms with Gasteiger partial charge in [0.15, 0.2) is 0 Å². The van der Waals surface area contributed by atoms with Crippen LogP contribution in [0.25, 0.3) is 0 Å². The summed E-state index contributed by atoms with van der Waals surface area (Å²) >= 11 is 0. The molecule has 0 aliphatic rings. The minimum absolute atomic E-state index is 0.0619. The van der Waals surface area contributed by atoms with E-state index in [9.17, 15) is 9.59 Å². The summed E-state index contributed by atoms with van der Waals surface area (Å²) in [6.45, 7) is 6.14. The number of nitrogens with zero attached hydrogens (tertiary/aromatic N) is 2. The Morgan fingerprint density at radius 3 is 2.43 bits per heavy atom. The highest BCUT2D eigenvalue weighted by atomic mass is 16.6. The molecule has 3 aromatic rings. The second kappa shape index (κ2) is 8.12. The van der Waals surface area contributed by atoms with E-state index in [-0.39, 0.29) is 12.4 Å². The topological polar surface area (TPSA) is 83.6 Å². The number of hydrogen-bond acceptors (Lipinski definition) is 6. The smallest absolute Gasteiger partial charge is 0.373 e. The van der Waals surface area contributed by atoms with Crippen LogP contribution >= 0.6 is 0 Å². The van der Waals surface area contributed by atoms with Crippen molar-refractivity contribution in [3.05, 3.63) is 76.0 Å². The van der Waals surface area contributed by atoms with Crippen molar-refractivity contribution < 1.29 is 23.5 Å². The molecule has 3 rings (SSSR count). The quantitative estimate of drug-likeness (QED) is 0.606. The van der Waals surface area contributed by atoms with Crippen molar-refractivity contribution >= 4 is 11.9 Å². The van der Waals surface area contributed by atoms with Gasteiger partial charge in [0.25, 0.3) is 0 Å². The predicted molar refractivity (Wildman–Crippen MR) is 101 cm³/mol. The van der Waals surface area contributed by atoms with Crippen LogP contribution in [0.5, 0.6) is 0 Å². The molecule has 0 spiro atoms. The van der Waals surface area contributed by atoms with Crippen LogP contribution < -0.4 is 0 Å². The molecular weight excluding hydrogens is 360 g/mol. The summed E-state index contributed by atoms with van der Waals surface area (Å²) in [6, 6.07) is 11.2. The third kappa shape index (κ3) is 4.14. The van der Waals surface area contributed by atoms with Crippen LogP contribution in [0.2, 0.25) is 0 Å². The maximum absolute atomic E-state index is 12.6. The van der Waals surface area contributed by atoms with Gasteiger partial charge in [-0.15, -0.1) is 0 Å². The van der Waals surface area contributed by atoms with Gasteiger partial charge in [0, 0.05) is 0 Å². The van der Waals surface area contributed by atoms with E-state index in [4.69, 9.17) is 9.15 Å². The molecule has 0 atom stereocenters. The zero-order chi connectivity index (χ0) is 20.3. The summed E-state index contributed by atoms with van der Waals surface area (Å²) in [5, 5.41) is 4.47. The summed E-state index contributed by atoms with van der Waals surface area (Å²) in [5.41, 5.74) is 4.06. The monoisotopic (exact) mass is 382 g/mol. The lowest BCUT2D eigenvalue weighted by Gasteiger charge is -2.06. The minimum atomic E-state index is -0.582. The Hall–Kier alpha value is -3.35. The number of hydrogen-bond donors (Lipinski definition) is 0. The fraction of sp³-hybridized carbons (Fsp3) is 0.286. The molecule has 7 nitrogen and oxygen atoms in total. The van der Waals surface area contributed by atoms with E-state index >= 15 is 0 Å². The highest BCUT2D eigenvalue weighted by molar-refractivity contribution is 5.91. The lowest BCUT2D eigenvalue weighted by atomic mass is 10.1. The molecule has 0 radical (unpaired) electrons. The fourth-order valence-corrected chi connectivity index (χ4v) is 2.89. The van der Waals surface area contributed by atoms with Gasteiger partial charge < -0.3 is 13.9 Å². The summed E-state index contributed by atoms with van der Waals surface area (Å²) in [4.78, 5) is 24.0. The highest BCUT2D eigenvalue weighted by Crippen LogP contribution is 2.18. The molecule has 2 heterocycles. The van der Waals surface area contributed by atoms with Gasteiger partial charge in [0.2, 0.25) is 5.76 Å². The van der Waals surface area contributed by atoms with Crippen LogP contribution in [0.4, 0.5) is 0 Å². The third-order valence-corrected chi connectivity index (χ3v) is 4.43. The molecule has 1 aromatic carbocycles. The van der Waals surface area contributed by atoms with Crippen LogP contribution in [0.3, 0.4) is 0 Å². The van der Waals surface area contributed by atoms with Crippen molar-refractivity contribution in [2.24, 2.45) is 0 Å². The van der Waals surface area contributed by atoms with Crippen LogP contribution in [0.15, 0.2) is 40.8 Å². The number of rotatable bonds is 6. The molecule has 0 aliphatic carbocycles. The van der Waals surface area contributed by atoms with Crippen molar-refractivity contribution in [3.63, 3.8) is 0 Å². The number of ether oxygens (including phenoxy) is 2. The van der Waals surface area contributed by atoms with Crippen LogP contribution in [0.1, 0.15) is 49.2 Å². The molecule has 28 heavy (non-hydrogen) atoms. The number of methoxy groups -OCH3 is 1. The van der Waals surface area contributed by atoms with Crippen LogP contribution in [-0.4, -0.2) is 28.8 Å². The van der Waals surface area contributed by atoms with Crippen LogP contribution in [0, 0.1) is 20.8 Å². The van der Waals surface area contributed by atoms with Crippen molar-refractivity contribution in [1.82, 2.24) is 9.78 Å². The number of carbonyl (C=O) groups excluding carboxylic acids is 2. The molecule has 0 N–H and O–H groups in total. The first-order chi connectivity index (χ1) is 13.4. The lowest BCUT2D eigenvalue weighted by Crippen LogP contribution is -2.09. The largest absolute Gasteiger partial charge is 0.463 e. The van der Waals surface area contributed by atoms with Crippen molar-refractivity contribution in [2.45, 2.75) is 33.9 Å². The Balaban J connectivity index is 1.70. The number of furan rings is 1. The van der Waals surface area contributed by atoms with Gasteiger partial charge in [-0.3, -0.25) is 4.68 Å². The van der Waals surface area contributed by atoms with Crippen molar-refractivity contribution in [1.29, 1.82) is 0 Å². The standard InChI is InChI=1S/C21H22N2O5/c1-13-5-7-16(8-6-13)11-23-15(3)19(14(2)22-23)21(25)27-12-17-9-10-18(28-17)20(24)26-4/h5-10H,11-12H2,1-4H3. The van der Waals surface area contributed by atoms with E-state index in [1.54, 1.807) is 17.7 Å². The predicted octanol–water partition coefficient (Wildman–Crippen LogP) is 3.59. The Morgan fingerprint density at radius 1 is 1.04 bits per heavy atom. The average molecular weight is 382 g/mol. The molecule has 7 heteroatoms. The van der Waals surface area contributed by atoms with Gasteiger partial charge in [0.1, 0.15) is 17.9 Å². The molecule has 0 amide bonds. The second-order valence-corrected chi connectivity index (χ2v) is 6.52. The van der Waals surface area contributed by atoms with E-state index in [0.717, 1.165) is 11.3 Å². The first-order valence-electron chi connectivity index (χ1n) is 8.82. The van der Waals surface area contributed by atoms with Gasteiger partial charge >= 0.3 is 11.9 Å². The molecule has 0 saturated carbocycles. The Kier molecular flexibility index (Phi) is 5.63. The van der Waals surface area contributed by atoms with Crippen LogP contribution in [-0.2, 0) is 22.6 Å². The SMILES string of the molecule is COC(=O)c1ccc(COC(=O)c2c(C)nn(Cc3ccc(C)cc3)c2C)o1. The molecule has 2 aromatic heterocycles. The number of benzene rings is 1. The first-order valence-corrected chi connectivity index (χ1v) is 8.82. The van der Waals surface area contributed by atoms with Gasteiger partial charge in [-0.25, -0.2) is 9.59 Å². The number of aryl methyl sites for hydroxylation is 2. The van der Waals surface area contributed by atoms with Crippen molar-refractivity contribution in [2.75, 3.05) is 7.11 Å². The fourth-order valence-electron chi connectivity index (χ4n) is 2.89. The number of aromatic nitrogens is 2. The Bertz CT molecular complexity index is 998. The minimum Gasteiger partial charge on any atom is -0.463 e. The first kappa shape index (κ1) is 19.4. The van der Waals surface area contributed by atoms with Gasteiger partial charge in [0.05, 0.1) is 25.0 Å². The van der Waals surface area contributed by atoms with E-state index < -0.39 is 11.9 Å². The zero-order valence-electron chi connectivity index (χ0n) is 16.3. The summed E-state index contributed by atoms with van der Waals surface area (Å²) in [6.07, 6.45) is 0. The molecule has 0 bridgehead atoms. The van der Waals surface area contributed by atoms with Crippen molar-refractivity contribution in [3.8, 4) is 0 Å². The molecule has 0 saturated heterocycles. The van der Waals surface area contributed by atoms with E-state index in [2.05, 4.69) is 9.84 Å². The summed E-state index contributed by atoms with van der Waals surface area (Å²) in [7, 11) is 1.27. The maximum Gasteiger partial charge on any atom is 0.373 e. The van der Waals surface area contributed by atoms with E-state index in [1.165, 1.54) is 18.7 Å². The molecule has 0 aliphatic heterocycles. The Labute approximate surface area is 162 Å². The number of esters is 2. The average Bonchev–Trinajstić information content (AvgIpc) is 3.26. The maximum atomic E-state index is 12.6. The lowest BCUT2D eigenvalue weighted by molar-refractivity contribution is 0.0436. The summed E-state index contributed by atoms with van der Waals surface area (Å²) < 4.78 is 17.0. The normalized spacial score (nSPS) is 10.7. The molecular formula is C21H22N2O5. The van der Waals surface area contributed by atoms with Gasteiger partial charge in [-0.1, -0.05) is 29.8 Å².